The number of hydrogen-bond acceptors (Lipinski definition) is 7. The van der Waals surface area contributed by atoms with Gasteiger partial charge in [-0.3, -0.25) is 14.4 Å². The fraction of sp³-hybridized carbons (Fsp3) is 0.150. The number of halogens is 1. The number of nitrogens with one attached hydrogen (secondary N) is 3. The maximum absolute atomic E-state index is 14.6. The van der Waals surface area contributed by atoms with Gasteiger partial charge in [-0.1, -0.05) is 79.2 Å². The lowest BCUT2D eigenvalue weighted by Gasteiger charge is -2.16. The molecule has 0 radical (unpaired) electrons. The van der Waals surface area contributed by atoms with Crippen molar-refractivity contribution in [3.63, 3.8) is 0 Å². The van der Waals surface area contributed by atoms with Crippen molar-refractivity contribution < 1.29 is 28.3 Å². The first-order valence-electron chi connectivity index (χ1n) is 16.2. The highest BCUT2D eigenvalue weighted by molar-refractivity contribution is 8.00. The van der Waals surface area contributed by atoms with Crippen molar-refractivity contribution in [2.75, 3.05) is 17.2 Å². The monoisotopic (exact) mass is 721 g/mol. The number of esters is 1. The quantitative estimate of drug-likeness (QED) is 0.0636. The molecule has 4 aromatic carbocycles. The van der Waals surface area contributed by atoms with Crippen LogP contribution >= 0.6 is 23.1 Å². The van der Waals surface area contributed by atoms with E-state index in [1.807, 2.05) is 49.6 Å². The van der Waals surface area contributed by atoms with Gasteiger partial charge in [0.05, 0.1) is 11.9 Å². The summed E-state index contributed by atoms with van der Waals surface area (Å²) in [6.45, 7) is 5.79. The van der Waals surface area contributed by atoms with Crippen molar-refractivity contribution in [1.29, 1.82) is 0 Å². The van der Waals surface area contributed by atoms with Gasteiger partial charge in [-0.2, -0.15) is 0 Å². The molecule has 260 valence electrons. The van der Waals surface area contributed by atoms with Crippen molar-refractivity contribution in [2.45, 2.75) is 37.3 Å². The Labute approximate surface area is 304 Å². The smallest absolute Gasteiger partial charge is 0.341 e. The number of thiophene rings is 1. The number of anilines is 2. The fourth-order valence-electron chi connectivity index (χ4n) is 5.02. The number of aryl methyl sites for hydroxylation is 1. The van der Waals surface area contributed by atoms with Gasteiger partial charge in [0.2, 0.25) is 5.91 Å². The van der Waals surface area contributed by atoms with Gasteiger partial charge in [0.15, 0.2) is 0 Å². The minimum absolute atomic E-state index is 0.125. The Morgan fingerprint density at radius 1 is 0.882 bits per heavy atom. The summed E-state index contributed by atoms with van der Waals surface area (Å²) in [7, 11) is 0. The Balaban J connectivity index is 1.33. The number of carbonyl (C=O) groups excluding carboxylic acids is 4. The summed E-state index contributed by atoms with van der Waals surface area (Å²) < 4.78 is 19.9. The Morgan fingerprint density at radius 2 is 1.61 bits per heavy atom. The maximum atomic E-state index is 14.6. The molecule has 1 unspecified atom stereocenters. The second-order valence-electron chi connectivity index (χ2n) is 11.3. The van der Waals surface area contributed by atoms with Gasteiger partial charge in [0.1, 0.15) is 22.1 Å². The van der Waals surface area contributed by atoms with E-state index in [1.54, 1.807) is 61.5 Å². The van der Waals surface area contributed by atoms with Crippen LogP contribution in [0.15, 0.2) is 119 Å². The van der Waals surface area contributed by atoms with Crippen molar-refractivity contribution in [3.05, 3.63) is 142 Å². The molecule has 0 spiro atoms. The predicted molar refractivity (Wildman–Crippen MR) is 202 cm³/mol. The maximum Gasteiger partial charge on any atom is 0.341 e. The van der Waals surface area contributed by atoms with Crippen LogP contribution in [0.2, 0.25) is 0 Å². The molecule has 1 atom stereocenters. The molecule has 0 saturated carbocycles. The van der Waals surface area contributed by atoms with Crippen LogP contribution in [0.5, 0.6) is 0 Å². The lowest BCUT2D eigenvalue weighted by molar-refractivity contribution is -0.116. The first-order chi connectivity index (χ1) is 24.7. The summed E-state index contributed by atoms with van der Waals surface area (Å²) in [4.78, 5) is 53.9. The second-order valence-corrected chi connectivity index (χ2v) is 13.5. The van der Waals surface area contributed by atoms with Crippen LogP contribution in [0.4, 0.5) is 15.1 Å². The molecule has 0 fully saturated rings. The minimum Gasteiger partial charge on any atom is -0.462 e. The highest BCUT2D eigenvalue weighted by atomic mass is 32.2. The molecule has 5 rings (SSSR count). The molecule has 1 heterocycles. The molecule has 0 aliphatic carbocycles. The van der Waals surface area contributed by atoms with E-state index in [1.165, 1.54) is 47.4 Å². The Hall–Kier alpha value is -5.52. The third-order valence-electron chi connectivity index (χ3n) is 7.64. The molecule has 11 heteroatoms. The molecule has 0 aliphatic heterocycles. The lowest BCUT2D eigenvalue weighted by atomic mass is 10.0. The molecule has 8 nitrogen and oxygen atoms in total. The van der Waals surface area contributed by atoms with E-state index in [2.05, 4.69) is 16.0 Å². The molecule has 0 saturated heterocycles. The Morgan fingerprint density at radius 3 is 2.31 bits per heavy atom. The minimum atomic E-state index is -0.664. The van der Waals surface area contributed by atoms with Gasteiger partial charge in [-0.15, -0.1) is 23.1 Å². The highest BCUT2D eigenvalue weighted by Gasteiger charge is 2.26. The van der Waals surface area contributed by atoms with E-state index < -0.39 is 28.9 Å². The van der Waals surface area contributed by atoms with E-state index in [0.717, 1.165) is 11.1 Å². The Kier molecular flexibility index (Phi) is 12.6. The summed E-state index contributed by atoms with van der Waals surface area (Å²) >= 11 is 2.56. The molecule has 51 heavy (non-hydrogen) atoms. The van der Waals surface area contributed by atoms with Crippen LogP contribution in [0.25, 0.3) is 17.2 Å². The van der Waals surface area contributed by atoms with Gasteiger partial charge < -0.3 is 20.7 Å². The molecular formula is C40H36FN3O5S2. The summed E-state index contributed by atoms with van der Waals surface area (Å²) in [6.07, 6.45) is 1.75. The number of benzene rings is 4. The first kappa shape index (κ1) is 36.8. The van der Waals surface area contributed by atoms with Crippen LogP contribution in [0, 0.1) is 12.7 Å². The second kappa shape index (κ2) is 17.4. The predicted octanol–water partition coefficient (Wildman–Crippen LogP) is 8.96. The summed E-state index contributed by atoms with van der Waals surface area (Å²) in [5.74, 6) is -2.56. The number of ether oxygens (including phenoxy) is 1. The van der Waals surface area contributed by atoms with Crippen LogP contribution < -0.4 is 16.0 Å². The third kappa shape index (κ3) is 9.59. The summed E-state index contributed by atoms with van der Waals surface area (Å²) in [5.41, 5.74) is 3.61. The SMILES string of the molecule is CCOC(=O)c1c(-c2ccc(C)cc2)csc1NC(=O)C(CC)Sc1cccc(NC(=O)/C(=C/c2ccccc2F)NC(=O)c2ccccc2)c1. The van der Waals surface area contributed by atoms with E-state index in [-0.39, 0.29) is 23.8 Å². The zero-order valence-electron chi connectivity index (χ0n) is 28.2. The van der Waals surface area contributed by atoms with E-state index in [4.69, 9.17) is 4.74 Å². The normalized spacial score (nSPS) is 11.7. The number of carbonyl (C=O) groups is 4. The van der Waals surface area contributed by atoms with Crippen LogP contribution in [0.1, 0.15) is 52.1 Å². The van der Waals surface area contributed by atoms with Gasteiger partial charge in [-0.05, 0) is 68.3 Å². The van der Waals surface area contributed by atoms with Crippen LogP contribution in [-0.2, 0) is 14.3 Å². The van der Waals surface area contributed by atoms with E-state index in [0.29, 0.717) is 38.7 Å². The van der Waals surface area contributed by atoms with Gasteiger partial charge >= 0.3 is 5.97 Å². The van der Waals surface area contributed by atoms with Crippen LogP contribution in [-0.4, -0.2) is 35.5 Å². The largest absolute Gasteiger partial charge is 0.462 e. The average Bonchev–Trinajstić information content (AvgIpc) is 3.55. The molecule has 1 aromatic heterocycles. The van der Waals surface area contributed by atoms with Gasteiger partial charge in [0.25, 0.3) is 11.8 Å². The van der Waals surface area contributed by atoms with Gasteiger partial charge in [-0.25, -0.2) is 9.18 Å². The van der Waals surface area contributed by atoms with Crippen LogP contribution in [0.3, 0.4) is 0 Å². The number of thioether (sulfide) groups is 1. The van der Waals surface area contributed by atoms with Crippen molar-refractivity contribution >= 4 is 63.6 Å². The number of rotatable bonds is 13. The topological polar surface area (TPSA) is 114 Å². The van der Waals surface area contributed by atoms with Gasteiger partial charge in [0, 0.05) is 32.7 Å². The molecule has 3 N–H and O–H groups in total. The molecule has 0 aliphatic rings. The molecular weight excluding hydrogens is 686 g/mol. The summed E-state index contributed by atoms with van der Waals surface area (Å²) in [6, 6.07) is 29.0. The summed E-state index contributed by atoms with van der Waals surface area (Å²) in [5, 5.41) is 10.0. The average molecular weight is 722 g/mol. The number of amides is 3. The third-order valence-corrected chi connectivity index (χ3v) is 9.89. The molecule has 3 amide bonds. The molecule has 5 aromatic rings. The molecule has 0 bridgehead atoms. The first-order valence-corrected chi connectivity index (χ1v) is 18.0. The lowest BCUT2D eigenvalue weighted by Crippen LogP contribution is -2.30. The van der Waals surface area contributed by atoms with E-state index >= 15 is 0 Å². The zero-order chi connectivity index (χ0) is 36.3. The Bertz CT molecular complexity index is 2060. The fourth-order valence-corrected chi connectivity index (χ4v) is 6.99. The highest BCUT2D eigenvalue weighted by Crippen LogP contribution is 2.37. The van der Waals surface area contributed by atoms with Crippen molar-refractivity contribution in [3.8, 4) is 11.1 Å². The standard InChI is InChI=1S/C40H36FN3O5S2/c1-4-34(38(47)44-39-35(40(48)49-5-2)31(24-50-39)26-20-18-25(3)19-21-26)51-30-16-11-15-29(23-30)42-37(46)33(22-28-14-9-10-17-32(28)41)43-36(45)27-12-7-6-8-13-27/h6-24,34H,4-5H2,1-3H3,(H,42,46)(H,43,45)(H,44,47)/b33-22-. The zero-order valence-corrected chi connectivity index (χ0v) is 29.8. The number of hydrogen-bond donors (Lipinski definition) is 3. The van der Waals surface area contributed by atoms with E-state index in [9.17, 15) is 23.6 Å². The van der Waals surface area contributed by atoms with Crippen molar-refractivity contribution in [1.82, 2.24) is 5.32 Å². The van der Waals surface area contributed by atoms with Crippen molar-refractivity contribution in [2.24, 2.45) is 0 Å².